The monoisotopic (exact) mass is 652 g/mol. The fourth-order valence-electron chi connectivity index (χ4n) is 6.70. The van der Waals surface area contributed by atoms with Crippen molar-refractivity contribution in [1.29, 1.82) is 0 Å². The molecule has 11 heteroatoms. The molecule has 43 heavy (non-hydrogen) atoms. The van der Waals surface area contributed by atoms with Crippen molar-refractivity contribution in [2.45, 2.75) is 88.1 Å². The number of halogens is 3. The summed E-state index contributed by atoms with van der Waals surface area (Å²) in [7, 11) is 3.22. The second kappa shape index (κ2) is 16.1. The van der Waals surface area contributed by atoms with Crippen LogP contribution in [-0.4, -0.2) is 78.5 Å². The van der Waals surface area contributed by atoms with E-state index in [-0.39, 0.29) is 54.7 Å². The Balaban J connectivity index is 0.00000253. The third-order valence-corrected chi connectivity index (χ3v) is 9.35. The van der Waals surface area contributed by atoms with E-state index in [4.69, 9.17) is 16.3 Å². The molecule has 2 aromatic carbocycles. The average Bonchev–Trinajstić information content (AvgIpc) is 3.46. The number of esters is 1. The van der Waals surface area contributed by atoms with Crippen LogP contribution in [0.15, 0.2) is 48.5 Å². The number of hydrogen-bond acceptors (Lipinski definition) is 6. The number of rotatable bonds is 8. The Morgan fingerprint density at radius 3 is 2.40 bits per heavy atom. The Hall–Kier alpha value is -2.36. The first-order valence-electron chi connectivity index (χ1n) is 14.8. The minimum Gasteiger partial charge on any atom is -0.468 e. The second-order valence-electron chi connectivity index (χ2n) is 11.7. The molecule has 1 saturated carbocycles. The van der Waals surface area contributed by atoms with Gasteiger partial charge in [-0.15, -0.1) is 24.8 Å². The summed E-state index contributed by atoms with van der Waals surface area (Å²) in [5.74, 6) is -0.597. The van der Waals surface area contributed by atoms with Gasteiger partial charge >= 0.3 is 5.97 Å². The number of benzene rings is 2. The molecule has 2 aromatic rings. The van der Waals surface area contributed by atoms with Gasteiger partial charge < -0.3 is 20.3 Å². The number of carbonyl (C=O) groups excluding carboxylic acids is 3. The third kappa shape index (κ3) is 8.43. The summed E-state index contributed by atoms with van der Waals surface area (Å²) in [6, 6.07) is 14.1. The van der Waals surface area contributed by atoms with E-state index in [0.29, 0.717) is 43.4 Å². The summed E-state index contributed by atoms with van der Waals surface area (Å²) in [6.45, 7) is 1.23. The molecule has 2 amide bonds. The van der Waals surface area contributed by atoms with E-state index in [0.717, 1.165) is 36.8 Å². The van der Waals surface area contributed by atoms with Crippen molar-refractivity contribution in [2.75, 3.05) is 20.7 Å². The molecule has 8 nitrogen and oxygen atoms in total. The Kier molecular flexibility index (Phi) is 13.1. The second-order valence-corrected chi connectivity index (χ2v) is 12.1. The summed E-state index contributed by atoms with van der Waals surface area (Å²) >= 11 is 6.11. The maximum Gasteiger partial charge on any atom is 0.323 e. The summed E-state index contributed by atoms with van der Waals surface area (Å²) in [4.78, 5) is 44.4. The highest BCUT2D eigenvalue weighted by Gasteiger charge is 2.44. The van der Waals surface area contributed by atoms with Crippen LogP contribution in [0.2, 0.25) is 5.02 Å². The fraction of sp³-hybridized carbons (Fsp3) is 0.531. The molecule has 0 spiro atoms. The number of nitrogens with one attached hydrogen (secondary N) is 2. The summed E-state index contributed by atoms with van der Waals surface area (Å²) < 4.78 is 5.17. The molecule has 2 heterocycles. The van der Waals surface area contributed by atoms with Crippen molar-refractivity contribution in [3.05, 3.63) is 70.2 Å². The van der Waals surface area contributed by atoms with Crippen molar-refractivity contribution in [2.24, 2.45) is 0 Å². The zero-order chi connectivity index (χ0) is 28.9. The number of likely N-dealkylation sites (N-methyl/N-ethyl adjacent to an activating group) is 1. The highest BCUT2D eigenvalue weighted by molar-refractivity contribution is 6.30. The van der Waals surface area contributed by atoms with Gasteiger partial charge in [-0.2, -0.15) is 0 Å². The number of fused-ring (bicyclic) bond motifs is 1. The molecule has 0 radical (unpaired) electrons. The summed E-state index contributed by atoms with van der Waals surface area (Å²) in [5.41, 5.74) is 3.24. The quantitative estimate of drug-likeness (QED) is 0.413. The van der Waals surface area contributed by atoms with E-state index in [1.807, 2.05) is 24.3 Å². The first-order chi connectivity index (χ1) is 19.8. The van der Waals surface area contributed by atoms with E-state index in [1.165, 1.54) is 19.1 Å². The molecule has 5 rings (SSSR count). The van der Waals surface area contributed by atoms with Crippen molar-refractivity contribution < 1.29 is 19.1 Å². The molecule has 2 aliphatic heterocycles. The Bertz CT molecular complexity index is 1240. The molecule has 4 atom stereocenters. The van der Waals surface area contributed by atoms with Crippen LogP contribution in [0.25, 0.3) is 0 Å². The Labute approximate surface area is 272 Å². The van der Waals surface area contributed by atoms with E-state index < -0.39 is 12.1 Å². The molecule has 0 unspecified atom stereocenters. The minimum atomic E-state index is -0.757. The van der Waals surface area contributed by atoms with Gasteiger partial charge in [0.15, 0.2) is 0 Å². The molecule has 2 fully saturated rings. The predicted octanol–water partition coefficient (Wildman–Crippen LogP) is 4.33. The molecular formula is C32H43Cl3N4O4. The van der Waals surface area contributed by atoms with E-state index in [1.54, 1.807) is 24.1 Å². The van der Waals surface area contributed by atoms with Crippen LogP contribution in [-0.2, 0) is 38.5 Å². The van der Waals surface area contributed by atoms with Crippen molar-refractivity contribution in [1.82, 2.24) is 20.4 Å². The first kappa shape index (κ1) is 35.1. The van der Waals surface area contributed by atoms with Crippen LogP contribution in [0.1, 0.15) is 55.2 Å². The van der Waals surface area contributed by atoms with Gasteiger partial charge in [0.05, 0.1) is 13.2 Å². The molecular weight excluding hydrogens is 611 g/mol. The van der Waals surface area contributed by atoms with Crippen LogP contribution >= 0.6 is 36.4 Å². The lowest BCUT2D eigenvalue weighted by molar-refractivity contribution is -0.147. The van der Waals surface area contributed by atoms with Gasteiger partial charge in [-0.3, -0.25) is 19.3 Å². The van der Waals surface area contributed by atoms with E-state index >= 15 is 0 Å². The molecule has 3 aliphatic rings. The molecule has 0 bridgehead atoms. The zero-order valence-electron chi connectivity index (χ0n) is 24.8. The minimum absolute atomic E-state index is 0. The van der Waals surface area contributed by atoms with Gasteiger partial charge in [0.1, 0.15) is 12.1 Å². The smallest absolute Gasteiger partial charge is 0.323 e. The largest absolute Gasteiger partial charge is 0.468 e. The lowest BCUT2D eigenvalue weighted by atomic mass is 9.94. The van der Waals surface area contributed by atoms with Gasteiger partial charge in [0.25, 0.3) is 0 Å². The van der Waals surface area contributed by atoms with Crippen molar-refractivity contribution >= 4 is 54.2 Å². The number of carbonyl (C=O) groups is 3. The standard InChI is InChI=1S/C32H41ClN4O4.2ClH/c1-36(26-18-29(32(40)41-2)37(20-26)25-10-4-3-5-11-25)31(39)28(16-21-12-14-24(33)15-13-21)35-30(38)27-17-22-8-6-7-9-23(22)19-34-27;;/h6-9,12-15,25-29,34H,3-5,10-11,16-20H2,1-2H3,(H,35,38);2*1H/t26-,27+,28+,29-;;/m0../s1. The van der Waals surface area contributed by atoms with Gasteiger partial charge in [-0.05, 0) is 54.5 Å². The van der Waals surface area contributed by atoms with Gasteiger partial charge in [-0.25, -0.2) is 0 Å². The lowest BCUT2D eigenvalue weighted by Crippen LogP contribution is -2.56. The first-order valence-corrected chi connectivity index (χ1v) is 15.2. The highest BCUT2D eigenvalue weighted by Crippen LogP contribution is 2.32. The van der Waals surface area contributed by atoms with Crippen LogP contribution in [0.3, 0.4) is 0 Å². The van der Waals surface area contributed by atoms with Crippen LogP contribution in [0, 0.1) is 0 Å². The van der Waals surface area contributed by atoms with E-state index in [9.17, 15) is 14.4 Å². The Morgan fingerprint density at radius 1 is 1.05 bits per heavy atom. The fourth-order valence-corrected chi connectivity index (χ4v) is 6.82. The number of likely N-dealkylation sites (tertiary alicyclic amines) is 1. The molecule has 236 valence electrons. The third-order valence-electron chi connectivity index (χ3n) is 9.10. The molecule has 2 N–H and O–H groups in total. The lowest BCUT2D eigenvalue weighted by Gasteiger charge is -2.35. The molecule has 0 aromatic heterocycles. The average molecular weight is 654 g/mol. The zero-order valence-corrected chi connectivity index (χ0v) is 27.2. The number of amides is 2. The molecule has 1 saturated heterocycles. The maximum atomic E-state index is 14.1. The van der Waals surface area contributed by atoms with E-state index in [2.05, 4.69) is 27.7 Å². The number of nitrogens with zero attached hydrogens (tertiary/aromatic N) is 2. The van der Waals surface area contributed by atoms with Crippen LogP contribution in [0.5, 0.6) is 0 Å². The summed E-state index contributed by atoms with van der Waals surface area (Å²) in [5, 5.41) is 7.02. The van der Waals surface area contributed by atoms with Crippen molar-refractivity contribution in [3.8, 4) is 0 Å². The highest BCUT2D eigenvalue weighted by atomic mass is 35.5. The number of ether oxygens (including phenoxy) is 1. The van der Waals surface area contributed by atoms with Crippen LogP contribution in [0.4, 0.5) is 0 Å². The van der Waals surface area contributed by atoms with Gasteiger partial charge in [-0.1, -0.05) is 67.3 Å². The van der Waals surface area contributed by atoms with Gasteiger partial charge in [0.2, 0.25) is 11.8 Å². The molecule has 1 aliphatic carbocycles. The van der Waals surface area contributed by atoms with Crippen molar-refractivity contribution in [3.63, 3.8) is 0 Å². The summed E-state index contributed by atoms with van der Waals surface area (Å²) in [6.07, 6.45) is 7.09. The number of hydrogen-bond donors (Lipinski definition) is 2. The maximum absolute atomic E-state index is 14.1. The number of methoxy groups -OCH3 is 1. The van der Waals surface area contributed by atoms with Gasteiger partial charge in [0, 0.05) is 43.7 Å². The topological polar surface area (TPSA) is 91.0 Å². The predicted molar refractivity (Wildman–Crippen MR) is 173 cm³/mol. The SMILES string of the molecule is COC(=O)[C@@H]1C[C@H](N(C)C(=O)[C@@H](Cc2ccc(Cl)cc2)NC(=O)[C@H]2Cc3ccccc3CN2)CN1C1CCCCC1.Cl.Cl. The normalized spacial score (nSPS) is 22.7. The Morgan fingerprint density at radius 2 is 1.72 bits per heavy atom. The van der Waals surface area contributed by atoms with Crippen LogP contribution < -0.4 is 10.6 Å².